The summed E-state index contributed by atoms with van der Waals surface area (Å²) in [6.45, 7) is 0. The van der Waals surface area contributed by atoms with Crippen molar-refractivity contribution in [3.05, 3.63) is 231 Å². The molecule has 9 aromatic carbocycles. The van der Waals surface area contributed by atoms with Crippen LogP contribution in [0.1, 0.15) is 0 Å². The van der Waals surface area contributed by atoms with Gasteiger partial charge in [-0.3, -0.25) is 4.57 Å². The van der Waals surface area contributed by atoms with E-state index >= 15 is 0 Å². The van der Waals surface area contributed by atoms with Gasteiger partial charge in [-0.05, 0) is 88.0 Å². The summed E-state index contributed by atoms with van der Waals surface area (Å²) in [4.78, 5) is 10.9. The zero-order chi connectivity index (χ0) is 41.0. The lowest BCUT2D eigenvalue weighted by atomic mass is 9.96. The van der Waals surface area contributed by atoms with E-state index in [9.17, 15) is 0 Å². The first kappa shape index (κ1) is 35.6. The molecule has 290 valence electrons. The summed E-state index contributed by atoms with van der Waals surface area (Å²) < 4.78 is 4.70. The van der Waals surface area contributed by atoms with Crippen molar-refractivity contribution in [1.82, 2.24) is 19.1 Å². The first-order chi connectivity index (χ1) is 30.8. The highest BCUT2D eigenvalue weighted by molar-refractivity contribution is 6.17. The third-order valence-corrected chi connectivity index (χ3v) is 12.1. The van der Waals surface area contributed by atoms with Gasteiger partial charge in [0.2, 0.25) is 0 Å². The number of fused-ring (bicyclic) bond motifs is 6. The SMILES string of the molecule is c1ccc(-c2cccc(-n3c4ccc(-c5ccccc5)cc4c4c(-c5cccc(-c6nc(-c7ccccc7)c7c8ccccc8n(-c8ccccc8)c7n6)c5)cccc43)c2)cc1. The fraction of sp³-hybridized carbons (Fsp3) is 0. The van der Waals surface area contributed by atoms with Crippen LogP contribution in [0.15, 0.2) is 231 Å². The lowest BCUT2D eigenvalue weighted by Gasteiger charge is -2.12. The summed E-state index contributed by atoms with van der Waals surface area (Å²) in [6.07, 6.45) is 0. The number of nitrogens with zero attached hydrogens (tertiary/aromatic N) is 4. The number of para-hydroxylation sites is 2. The smallest absolute Gasteiger partial charge is 0.162 e. The summed E-state index contributed by atoms with van der Waals surface area (Å²) >= 11 is 0. The predicted molar refractivity (Wildman–Crippen MR) is 258 cm³/mol. The molecule has 12 aromatic rings. The summed E-state index contributed by atoms with van der Waals surface area (Å²) in [5, 5.41) is 4.56. The molecule has 0 aliphatic rings. The van der Waals surface area contributed by atoms with E-state index in [1.807, 2.05) is 0 Å². The van der Waals surface area contributed by atoms with Gasteiger partial charge in [0, 0.05) is 38.7 Å². The monoisotopic (exact) mass is 790 g/mol. The van der Waals surface area contributed by atoms with Crippen molar-refractivity contribution in [2.45, 2.75) is 0 Å². The van der Waals surface area contributed by atoms with Crippen LogP contribution in [0.25, 0.3) is 111 Å². The predicted octanol–water partition coefficient (Wildman–Crippen LogP) is 15.0. The highest BCUT2D eigenvalue weighted by atomic mass is 15.1. The average molecular weight is 791 g/mol. The van der Waals surface area contributed by atoms with Crippen LogP contribution in [0.2, 0.25) is 0 Å². The molecule has 0 fully saturated rings. The van der Waals surface area contributed by atoms with E-state index in [4.69, 9.17) is 9.97 Å². The van der Waals surface area contributed by atoms with Gasteiger partial charge in [0.05, 0.1) is 27.6 Å². The fourth-order valence-corrected chi connectivity index (χ4v) is 9.31. The maximum Gasteiger partial charge on any atom is 0.162 e. The maximum absolute atomic E-state index is 5.46. The molecule has 0 saturated carbocycles. The molecule has 0 bridgehead atoms. The third-order valence-electron chi connectivity index (χ3n) is 12.1. The minimum Gasteiger partial charge on any atom is -0.309 e. The van der Waals surface area contributed by atoms with Crippen molar-refractivity contribution in [2.24, 2.45) is 0 Å². The van der Waals surface area contributed by atoms with Gasteiger partial charge < -0.3 is 4.57 Å². The minimum atomic E-state index is 0.678. The van der Waals surface area contributed by atoms with Gasteiger partial charge in [0.15, 0.2) is 5.82 Å². The molecular weight excluding hydrogens is 753 g/mol. The van der Waals surface area contributed by atoms with E-state index in [1.54, 1.807) is 0 Å². The highest BCUT2D eigenvalue weighted by Crippen LogP contribution is 2.42. The Bertz CT molecular complexity index is 3610. The van der Waals surface area contributed by atoms with Gasteiger partial charge in [0.1, 0.15) is 5.65 Å². The van der Waals surface area contributed by atoms with Crippen molar-refractivity contribution in [1.29, 1.82) is 0 Å². The summed E-state index contributed by atoms with van der Waals surface area (Å²) in [6, 6.07) is 82.1. The van der Waals surface area contributed by atoms with Crippen LogP contribution in [0.4, 0.5) is 0 Å². The fourth-order valence-electron chi connectivity index (χ4n) is 9.31. The molecular formula is C58H38N4. The number of aromatic nitrogens is 4. The van der Waals surface area contributed by atoms with Gasteiger partial charge in [-0.15, -0.1) is 0 Å². The van der Waals surface area contributed by atoms with Gasteiger partial charge in [-0.2, -0.15) is 0 Å². The van der Waals surface area contributed by atoms with E-state index in [0.29, 0.717) is 5.82 Å². The van der Waals surface area contributed by atoms with Crippen molar-refractivity contribution in [3.8, 4) is 67.4 Å². The average Bonchev–Trinajstić information content (AvgIpc) is 3.87. The molecule has 0 aliphatic carbocycles. The van der Waals surface area contributed by atoms with Crippen molar-refractivity contribution in [3.63, 3.8) is 0 Å². The second-order valence-electron chi connectivity index (χ2n) is 15.8. The Morgan fingerprint density at radius 1 is 0.290 bits per heavy atom. The molecule has 62 heavy (non-hydrogen) atoms. The minimum absolute atomic E-state index is 0.678. The van der Waals surface area contributed by atoms with Crippen LogP contribution in [0.5, 0.6) is 0 Å². The number of benzene rings is 9. The molecule has 0 N–H and O–H groups in total. The van der Waals surface area contributed by atoms with Gasteiger partial charge in [-0.25, -0.2) is 9.97 Å². The molecule has 0 aliphatic heterocycles. The van der Waals surface area contributed by atoms with E-state index in [1.165, 1.54) is 33.0 Å². The number of hydrogen-bond acceptors (Lipinski definition) is 2. The lowest BCUT2D eigenvalue weighted by Crippen LogP contribution is -1.99. The lowest BCUT2D eigenvalue weighted by molar-refractivity contribution is 1.11. The molecule has 4 nitrogen and oxygen atoms in total. The zero-order valence-corrected chi connectivity index (χ0v) is 33.7. The molecule has 0 saturated heterocycles. The van der Waals surface area contributed by atoms with Crippen LogP contribution in [-0.2, 0) is 0 Å². The second-order valence-corrected chi connectivity index (χ2v) is 15.8. The molecule has 0 atom stereocenters. The number of rotatable bonds is 7. The summed E-state index contributed by atoms with van der Waals surface area (Å²) in [5.74, 6) is 0.678. The van der Waals surface area contributed by atoms with E-state index in [2.05, 4.69) is 240 Å². The van der Waals surface area contributed by atoms with Gasteiger partial charge in [0.25, 0.3) is 0 Å². The highest BCUT2D eigenvalue weighted by Gasteiger charge is 2.22. The van der Waals surface area contributed by atoms with Gasteiger partial charge in [-0.1, -0.05) is 176 Å². The Morgan fingerprint density at radius 3 is 1.60 bits per heavy atom. The molecule has 3 aromatic heterocycles. The van der Waals surface area contributed by atoms with Crippen LogP contribution < -0.4 is 0 Å². The van der Waals surface area contributed by atoms with Crippen LogP contribution >= 0.6 is 0 Å². The number of hydrogen-bond donors (Lipinski definition) is 0. The Balaban J connectivity index is 1.09. The molecule has 3 heterocycles. The third kappa shape index (κ3) is 5.92. The molecule has 4 heteroatoms. The first-order valence-corrected chi connectivity index (χ1v) is 21.1. The van der Waals surface area contributed by atoms with Crippen molar-refractivity contribution < 1.29 is 0 Å². The van der Waals surface area contributed by atoms with E-state index in [-0.39, 0.29) is 0 Å². The first-order valence-electron chi connectivity index (χ1n) is 21.1. The van der Waals surface area contributed by atoms with E-state index in [0.717, 1.165) is 72.3 Å². The second kappa shape index (κ2) is 14.7. The molecule has 0 radical (unpaired) electrons. The van der Waals surface area contributed by atoms with Crippen LogP contribution in [-0.4, -0.2) is 19.1 Å². The Hall–Kier alpha value is -8.34. The van der Waals surface area contributed by atoms with E-state index < -0.39 is 0 Å². The zero-order valence-electron chi connectivity index (χ0n) is 33.7. The molecule has 0 unspecified atom stereocenters. The van der Waals surface area contributed by atoms with Crippen molar-refractivity contribution >= 4 is 43.7 Å². The molecule has 12 rings (SSSR count). The Kier molecular flexibility index (Phi) is 8.46. The molecule has 0 spiro atoms. The largest absolute Gasteiger partial charge is 0.309 e. The van der Waals surface area contributed by atoms with Crippen LogP contribution in [0, 0.1) is 0 Å². The topological polar surface area (TPSA) is 35.6 Å². The van der Waals surface area contributed by atoms with Gasteiger partial charge >= 0.3 is 0 Å². The normalized spacial score (nSPS) is 11.5. The van der Waals surface area contributed by atoms with Crippen LogP contribution in [0.3, 0.4) is 0 Å². The Labute approximate surface area is 359 Å². The Morgan fingerprint density at radius 2 is 0.839 bits per heavy atom. The standard InChI is InChI=1S/C58H38N4/c1-5-18-39(19-6-1)42-24-16-29-47(37-42)61-52-35-34-43(40-20-7-2-8-21-40)38-50(52)54-48(31-17-33-53(54)61)44-25-15-26-45(36-44)57-59-56(41-22-9-3-10-23-41)55-49-30-13-14-32-51(49)62(58(55)60-57)46-27-11-4-12-28-46/h1-38H. The molecule has 0 amide bonds. The maximum atomic E-state index is 5.46. The summed E-state index contributed by atoms with van der Waals surface area (Å²) in [5.41, 5.74) is 16.4. The summed E-state index contributed by atoms with van der Waals surface area (Å²) in [7, 11) is 0. The van der Waals surface area contributed by atoms with Crippen molar-refractivity contribution in [2.75, 3.05) is 0 Å². The quantitative estimate of drug-likeness (QED) is 0.161.